The first-order valence-corrected chi connectivity index (χ1v) is 5.62. The predicted octanol–water partition coefficient (Wildman–Crippen LogP) is 1.34. The monoisotopic (exact) mass is 202 g/mol. The van der Waals surface area contributed by atoms with Crippen molar-refractivity contribution in [1.29, 1.82) is 0 Å². The van der Waals surface area contributed by atoms with Gasteiger partial charge in [-0.1, -0.05) is 0 Å². The smallest absolute Gasteiger partial charge is 0.0477 e. The van der Waals surface area contributed by atoms with Gasteiger partial charge in [0.2, 0.25) is 0 Å². The van der Waals surface area contributed by atoms with Crippen LogP contribution >= 0.6 is 0 Å². The van der Waals surface area contributed by atoms with Gasteiger partial charge in [-0.2, -0.15) is 0 Å². The molecule has 0 aliphatic rings. The second kappa shape index (κ2) is 9.44. The molecule has 0 aromatic rings. The Balaban J connectivity index is 3.14. The van der Waals surface area contributed by atoms with E-state index in [-0.39, 0.29) is 0 Å². The molecule has 1 N–H and O–H groups in total. The molecule has 0 aromatic carbocycles. The van der Waals surface area contributed by atoms with Gasteiger partial charge in [0.15, 0.2) is 0 Å². The summed E-state index contributed by atoms with van der Waals surface area (Å²) >= 11 is 0. The van der Waals surface area contributed by atoms with Crippen LogP contribution in [0.5, 0.6) is 0 Å². The van der Waals surface area contributed by atoms with E-state index in [0.717, 1.165) is 32.7 Å². The van der Waals surface area contributed by atoms with Gasteiger partial charge < -0.3 is 15.0 Å². The largest absolute Gasteiger partial charge is 0.382 e. The van der Waals surface area contributed by atoms with Crippen LogP contribution in [0.4, 0.5) is 0 Å². The van der Waals surface area contributed by atoms with E-state index >= 15 is 0 Å². The topological polar surface area (TPSA) is 24.5 Å². The second-order valence-electron chi connectivity index (χ2n) is 4.00. The molecule has 86 valence electrons. The number of hydrogen-bond acceptors (Lipinski definition) is 3. The molecule has 0 amide bonds. The highest BCUT2D eigenvalue weighted by Crippen LogP contribution is 1.92. The van der Waals surface area contributed by atoms with Gasteiger partial charge in [-0.3, -0.25) is 0 Å². The number of hydrogen-bond donors (Lipinski definition) is 1. The van der Waals surface area contributed by atoms with Crippen molar-refractivity contribution < 1.29 is 4.74 Å². The number of nitrogens with one attached hydrogen (secondary N) is 1. The molecule has 0 aliphatic heterocycles. The van der Waals surface area contributed by atoms with Crippen LogP contribution in [-0.2, 0) is 4.74 Å². The van der Waals surface area contributed by atoms with E-state index in [9.17, 15) is 0 Å². The van der Waals surface area contributed by atoms with E-state index in [1.165, 1.54) is 6.42 Å². The molecule has 14 heavy (non-hydrogen) atoms. The van der Waals surface area contributed by atoms with Crippen molar-refractivity contribution in [1.82, 2.24) is 10.2 Å². The lowest BCUT2D eigenvalue weighted by Crippen LogP contribution is -2.30. The van der Waals surface area contributed by atoms with Gasteiger partial charge in [-0.15, -0.1) is 0 Å². The van der Waals surface area contributed by atoms with E-state index in [2.05, 4.69) is 31.2 Å². The highest BCUT2D eigenvalue weighted by atomic mass is 16.5. The summed E-state index contributed by atoms with van der Waals surface area (Å²) < 4.78 is 5.27. The zero-order chi connectivity index (χ0) is 10.8. The normalized spacial score (nSPS) is 13.5. The van der Waals surface area contributed by atoms with Gasteiger partial charge >= 0.3 is 0 Å². The number of nitrogens with zero attached hydrogens (tertiary/aromatic N) is 1. The quantitative estimate of drug-likeness (QED) is 0.571. The van der Waals surface area contributed by atoms with Crippen molar-refractivity contribution in [3.05, 3.63) is 0 Å². The Morgan fingerprint density at radius 1 is 1.36 bits per heavy atom. The van der Waals surface area contributed by atoms with Crippen LogP contribution in [0.1, 0.15) is 26.7 Å². The van der Waals surface area contributed by atoms with E-state index < -0.39 is 0 Å². The summed E-state index contributed by atoms with van der Waals surface area (Å²) in [4.78, 5) is 2.22. The zero-order valence-electron chi connectivity index (χ0n) is 10.2. The van der Waals surface area contributed by atoms with E-state index in [4.69, 9.17) is 4.74 Å². The Labute approximate surface area is 88.8 Å². The van der Waals surface area contributed by atoms with Crippen LogP contribution in [0.2, 0.25) is 0 Å². The molecule has 0 saturated carbocycles. The summed E-state index contributed by atoms with van der Waals surface area (Å²) in [5.41, 5.74) is 0. The van der Waals surface area contributed by atoms with Gasteiger partial charge in [0.25, 0.3) is 0 Å². The van der Waals surface area contributed by atoms with Crippen LogP contribution in [-0.4, -0.2) is 51.3 Å². The molecule has 0 spiro atoms. The standard InChI is InChI=1S/C11H26N2O/c1-5-14-10-6-8-12-11(2)7-9-13(3)4/h11-12H,5-10H2,1-4H3. The first-order valence-electron chi connectivity index (χ1n) is 5.62. The summed E-state index contributed by atoms with van der Waals surface area (Å²) in [7, 11) is 4.23. The maximum absolute atomic E-state index is 5.27. The molecule has 0 radical (unpaired) electrons. The number of rotatable bonds is 9. The summed E-state index contributed by atoms with van der Waals surface area (Å²) in [5.74, 6) is 0. The zero-order valence-corrected chi connectivity index (χ0v) is 10.2. The van der Waals surface area contributed by atoms with Crippen molar-refractivity contribution in [3.63, 3.8) is 0 Å². The fourth-order valence-corrected chi connectivity index (χ4v) is 1.22. The minimum atomic E-state index is 0.610. The van der Waals surface area contributed by atoms with Crippen molar-refractivity contribution in [2.45, 2.75) is 32.7 Å². The summed E-state index contributed by atoms with van der Waals surface area (Å²) in [6, 6.07) is 0.610. The Hall–Kier alpha value is -0.120. The summed E-state index contributed by atoms with van der Waals surface area (Å²) in [5, 5.41) is 3.49. The fraction of sp³-hybridized carbons (Fsp3) is 1.00. The highest BCUT2D eigenvalue weighted by molar-refractivity contribution is 4.61. The lowest BCUT2D eigenvalue weighted by Gasteiger charge is -2.16. The molecule has 0 heterocycles. The lowest BCUT2D eigenvalue weighted by atomic mass is 10.2. The molecular formula is C11H26N2O. The van der Waals surface area contributed by atoms with Crippen LogP contribution in [0, 0.1) is 0 Å². The molecule has 0 rings (SSSR count). The van der Waals surface area contributed by atoms with Crippen molar-refractivity contribution in [2.75, 3.05) is 40.4 Å². The number of ether oxygens (including phenoxy) is 1. The van der Waals surface area contributed by atoms with E-state index in [1.54, 1.807) is 0 Å². The van der Waals surface area contributed by atoms with Crippen LogP contribution in [0.25, 0.3) is 0 Å². The summed E-state index contributed by atoms with van der Waals surface area (Å²) in [6.07, 6.45) is 2.32. The van der Waals surface area contributed by atoms with E-state index in [0.29, 0.717) is 6.04 Å². The van der Waals surface area contributed by atoms with Gasteiger partial charge in [-0.05, 0) is 53.9 Å². The first-order chi connectivity index (χ1) is 6.66. The fourth-order valence-electron chi connectivity index (χ4n) is 1.22. The van der Waals surface area contributed by atoms with Gasteiger partial charge in [0.05, 0.1) is 0 Å². The SMILES string of the molecule is CCOCCCNC(C)CCN(C)C. The van der Waals surface area contributed by atoms with Gasteiger partial charge in [0.1, 0.15) is 0 Å². The van der Waals surface area contributed by atoms with Crippen LogP contribution in [0.3, 0.4) is 0 Å². The van der Waals surface area contributed by atoms with E-state index in [1.807, 2.05) is 6.92 Å². The molecule has 0 fully saturated rings. The molecule has 1 atom stereocenters. The first kappa shape index (κ1) is 13.9. The third-order valence-corrected chi connectivity index (χ3v) is 2.17. The predicted molar refractivity (Wildman–Crippen MR) is 61.7 cm³/mol. The molecule has 0 bridgehead atoms. The minimum Gasteiger partial charge on any atom is -0.382 e. The molecule has 0 aromatic heterocycles. The third-order valence-electron chi connectivity index (χ3n) is 2.17. The Morgan fingerprint density at radius 2 is 2.07 bits per heavy atom. The van der Waals surface area contributed by atoms with Crippen molar-refractivity contribution in [3.8, 4) is 0 Å². The maximum Gasteiger partial charge on any atom is 0.0477 e. The minimum absolute atomic E-state index is 0.610. The maximum atomic E-state index is 5.27. The highest BCUT2D eigenvalue weighted by Gasteiger charge is 2.00. The molecule has 1 unspecified atom stereocenters. The average molecular weight is 202 g/mol. The Morgan fingerprint density at radius 3 is 2.64 bits per heavy atom. The summed E-state index contributed by atoms with van der Waals surface area (Å²) in [6.45, 7) is 8.20. The molecule has 3 heteroatoms. The van der Waals surface area contributed by atoms with Crippen molar-refractivity contribution >= 4 is 0 Å². The molecular weight excluding hydrogens is 176 g/mol. The Bertz CT molecular complexity index is 118. The molecule has 3 nitrogen and oxygen atoms in total. The molecule has 0 aliphatic carbocycles. The van der Waals surface area contributed by atoms with Crippen molar-refractivity contribution in [2.24, 2.45) is 0 Å². The van der Waals surface area contributed by atoms with Gasteiger partial charge in [0, 0.05) is 19.3 Å². The molecule has 0 saturated heterocycles. The van der Waals surface area contributed by atoms with Crippen LogP contribution in [0.15, 0.2) is 0 Å². The Kier molecular flexibility index (Phi) is 9.35. The second-order valence-corrected chi connectivity index (χ2v) is 4.00. The van der Waals surface area contributed by atoms with Crippen LogP contribution < -0.4 is 5.32 Å². The van der Waals surface area contributed by atoms with Gasteiger partial charge in [-0.25, -0.2) is 0 Å². The average Bonchev–Trinajstić information content (AvgIpc) is 2.14. The lowest BCUT2D eigenvalue weighted by molar-refractivity contribution is 0.144. The third kappa shape index (κ3) is 9.96.